The Morgan fingerprint density at radius 2 is 2.28 bits per heavy atom. The minimum Gasteiger partial charge on any atom is -0.497 e. The molecule has 0 saturated carbocycles. The van der Waals surface area contributed by atoms with Crippen LogP contribution in [0.25, 0.3) is 0 Å². The minimum atomic E-state index is 0.557. The number of halogens is 2. The van der Waals surface area contributed by atoms with Crippen LogP contribution in [0.2, 0.25) is 0 Å². The summed E-state index contributed by atoms with van der Waals surface area (Å²) in [6, 6.07) is 5.85. The van der Waals surface area contributed by atoms with Gasteiger partial charge in [-0.05, 0) is 23.8 Å². The van der Waals surface area contributed by atoms with Gasteiger partial charge in [-0.3, -0.25) is 0 Å². The third-order valence-corrected chi connectivity index (χ3v) is 3.48. The molecule has 0 aliphatic carbocycles. The Kier molecular flexibility index (Phi) is 4.60. The molecule has 0 bridgehead atoms. The van der Waals surface area contributed by atoms with Gasteiger partial charge in [0, 0.05) is 23.0 Å². The zero-order valence-electron chi connectivity index (χ0n) is 9.94. The van der Waals surface area contributed by atoms with Gasteiger partial charge < -0.3 is 4.74 Å². The van der Waals surface area contributed by atoms with Gasteiger partial charge in [-0.2, -0.15) is 0 Å². The number of aromatic nitrogens is 3. The molecular weight excluding hydrogens is 318 g/mol. The molecule has 0 aliphatic rings. The van der Waals surface area contributed by atoms with Gasteiger partial charge in [0.15, 0.2) is 0 Å². The number of rotatable bonds is 5. The van der Waals surface area contributed by atoms with E-state index in [1.54, 1.807) is 11.8 Å². The Labute approximate surface area is 119 Å². The minimum absolute atomic E-state index is 0.557. The smallest absolute Gasteiger partial charge is 0.119 e. The number of ether oxygens (including phenoxy) is 1. The van der Waals surface area contributed by atoms with E-state index in [1.807, 2.05) is 24.4 Å². The van der Waals surface area contributed by atoms with Crippen LogP contribution in [0.1, 0.15) is 11.3 Å². The highest BCUT2D eigenvalue weighted by Crippen LogP contribution is 2.23. The van der Waals surface area contributed by atoms with Gasteiger partial charge in [0.2, 0.25) is 0 Å². The van der Waals surface area contributed by atoms with E-state index in [1.165, 1.54) is 0 Å². The Balaban J connectivity index is 2.16. The van der Waals surface area contributed by atoms with Crippen LogP contribution < -0.4 is 4.74 Å². The van der Waals surface area contributed by atoms with Crippen molar-refractivity contribution in [2.75, 3.05) is 13.0 Å². The molecule has 2 rings (SSSR count). The molecule has 1 aromatic heterocycles. The largest absolute Gasteiger partial charge is 0.497 e. The summed E-state index contributed by atoms with van der Waals surface area (Å²) in [4.78, 5) is 0. The zero-order chi connectivity index (χ0) is 13.0. The van der Waals surface area contributed by atoms with E-state index in [4.69, 9.17) is 16.3 Å². The fraction of sp³-hybridized carbons (Fsp3) is 0.333. The highest BCUT2D eigenvalue weighted by molar-refractivity contribution is 9.10. The van der Waals surface area contributed by atoms with Gasteiger partial charge in [0.25, 0.3) is 0 Å². The molecule has 0 saturated heterocycles. The fourth-order valence-electron chi connectivity index (χ4n) is 1.60. The van der Waals surface area contributed by atoms with Gasteiger partial charge in [0.1, 0.15) is 5.75 Å². The van der Waals surface area contributed by atoms with Crippen molar-refractivity contribution in [2.24, 2.45) is 0 Å². The lowest BCUT2D eigenvalue weighted by molar-refractivity contribution is 0.414. The highest BCUT2D eigenvalue weighted by Gasteiger charge is 2.05. The van der Waals surface area contributed by atoms with Crippen molar-refractivity contribution in [1.82, 2.24) is 15.0 Å². The number of benzene rings is 1. The van der Waals surface area contributed by atoms with Crippen molar-refractivity contribution >= 4 is 27.5 Å². The maximum Gasteiger partial charge on any atom is 0.119 e. The summed E-state index contributed by atoms with van der Waals surface area (Å²) in [5.74, 6) is 1.39. The molecule has 0 unspecified atom stereocenters. The molecule has 6 heteroatoms. The van der Waals surface area contributed by atoms with Crippen molar-refractivity contribution < 1.29 is 4.74 Å². The Hall–Kier alpha value is -1.07. The lowest BCUT2D eigenvalue weighted by Gasteiger charge is -2.06. The SMILES string of the molecule is COc1ccc(Br)c(Cn2cc(CCCl)nn2)c1. The normalized spacial score (nSPS) is 10.6. The third-order valence-electron chi connectivity index (χ3n) is 2.52. The molecule has 18 heavy (non-hydrogen) atoms. The van der Waals surface area contributed by atoms with E-state index in [0.717, 1.165) is 27.9 Å². The summed E-state index contributed by atoms with van der Waals surface area (Å²) >= 11 is 9.19. The molecule has 4 nitrogen and oxygen atoms in total. The second-order valence-electron chi connectivity index (χ2n) is 3.80. The number of hydrogen-bond acceptors (Lipinski definition) is 3. The van der Waals surface area contributed by atoms with Crippen LogP contribution in [0.3, 0.4) is 0 Å². The van der Waals surface area contributed by atoms with Crippen molar-refractivity contribution in [3.05, 3.63) is 40.1 Å². The second-order valence-corrected chi connectivity index (χ2v) is 5.04. The Bertz CT molecular complexity index is 530. The van der Waals surface area contributed by atoms with Crippen LogP contribution >= 0.6 is 27.5 Å². The second kappa shape index (κ2) is 6.20. The lowest BCUT2D eigenvalue weighted by Crippen LogP contribution is -2.01. The first-order chi connectivity index (χ1) is 8.72. The summed E-state index contributed by atoms with van der Waals surface area (Å²) in [5.41, 5.74) is 2.00. The molecule has 96 valence electrons. The molecular formula is C12H13BrClN3O. The van der Waals surface area contributed by atoms with Gasteiger partial charge in [-0.15, -0.1) is 16.7 Å². The van der Waals surface area contributed by atoms with Crippen LogP contribution in [0.15, 0.2) is 28.9 Å². The predicted octanol–water partition coefficient (Wildman–Crippen LogP) is 2.88. The first-order valence-corrected chi connectivity index (χ1v) is 6.83. The highest BCUT2D eigenvalue weighted by atomic mass is 79.9. The van der Waals surface area contributed by atoms with Crippen LogP contribution in [-0.4, -0.2) is 28.0 Å². The molecule has 0 aliphatic heterocycles. The summed E-state index contributed by atoms with van der Waals surface area (Å²) in [5, 5.41) is 8.13. The monoisotopic (exact) mass is 329 g/mol. The van der Waals surface area contributed by atoms with E-state index in [0.29, 0.717) is 12.4 Å². The molecule has 0 radical (unpaired) electrons. The third kappa shape index (κ3) is 3.23. The van der Waals surface area contributed by atoms with Crippen LogP contribution in [-0.2, 0) is 13.0 Å². The van der Waals surface area contributed by atoms with Crippen molar-refractivity contribution in [3.63, 3.8) is 0 Å². The zero-order valence-corrected chi connectivity index (χ0v) is 12.3. The summed E-state index contributed by atoms with van der Waals surface area (Å²) in [6.45, 7) is 0.646. The van der Waals surface area contributed by atoms with Crippen LogP contribution in [0.5, 0.6) is 5.75 Å². The maximum atomic E-state index is 5.67. The first-order valence-electron chi connectivity index (χ1n) is 5.50. The fourth-order valence-corrected chi connectivity index (χ4v) is 2.17. The molecule has 1 heterocycles. The van der Waals surface area contributed by atoms with E-state index in [-0.39, 0.29) is 0 Å². The topological polar surface area (TPSA) is 39.9 Å². The van der Waals surface area contributed by atoms with E-state index < -0.39 is 0 Å². The summed E-state index contributed by atoms with van der Waals surface area (Å²) in [6.07, 6.45) is 2.65. The van der Waals surface area contributed by atoms with Crippen molar-refractivity contribution in [3.8, 4) is 5.75 Å². The number of hydrogen-bond donors (Lipinski definition) is 0. The average molecular weight is 331 g/mol. The Morgan fingerprint density at radius 1 is 1.44 bits per heavy atom. The molecule has 0 fully saturated rings. The first kappa shape index (κ1) is 13.4. The lowest BCUT2D eigenvalue weighted by atomic mass is 10.2. The van der Waals surface area contributed by atoms with E-state index in [2.05, 4.69) is 26.2 Å². The Morgan fingerprint density at radius 3 is 3.00 bits per heavy atom. The quantitative estimate of drug-likeness (QED) is 0.792. The molecule has 1 aromatic carbocycles. The molecule has 0 atom stereocenters. The van der Waals surface area contributed by atoms with Gasteiger partial charge in [-0.1, -0.05) is 21.1 Å². The molecule has 0 amide bonds. The van der Waals surface area contributed by atoms with Gasteiger partial charge >= 0.3 is 0 Å². The van der Waals surface area contributed by atoms with Crippen LogP contribution in [0.4, 0.5) is 0 Å². The number of nitrogens with zero attached hydrogens (tertiary/aromatic N) is 3. The molecule has 2 aromatic rings. The van der Waals surface area contributed by atoms with Gasteiger partial charge in [0.05, 0.1) is 19.3 Å². The predicted molar refractivity (Wildman–Crippen MR) is 74.2 cm³/mol. The van der Waals surface area contributed by atoms with Crippen LogP contribution in [0, 0.1) is 0 Å². The molecule has 0 spiro atoms. The van der Waals surface area contributed by atoms with Gasteiger partial charge in [-0.25, -0.2) is 4.68 Å². The molecule has 0 N–H and O–H groups in total. The number of aryl methyl sites for hydroxylation is 1. The van der Waals surface area contributed by atoms with E-state index >= 15 is 0 Å². The standard InChI is InChI=1S/C12H13BrClN3O/c1-18-11-2-3-12(13)9(6-11)7-17-8-10(4-5-14)15-16-17/h2-3,6,8H,4-5,7H2,1H3. The average Bonchev–Trinajstić information content (AvgIpc) is 2.80. The summed E-state index contributed by atoms with van der Waals surface area (Å²) in [7, 11) is 1.65. The number of methoxy groups -OCH3 is 1. The van der Waals surface area contributed by atoms with Crippen molar-refractivity contribution in [2.45, 2.75) is 13.0 Å². The summed E-state index contributed by atoms with van der Waals surface area (Å²) < 4.78 is 8.03. The maximum absolute atomic E-state index is 5.67. The van der Waals surface area contributed by atoms with E-state index in [9.17, 15) is 0 Å². The number of alkyl halides is 1. The van der Waals surface area contributed by atoms with Crippen molar-refractivity contribution in [1.29, 1.82) is 0 Å².